The minimum atomic E-state index is 0.522. The summed E-state index contributed by atoms with van der Waals surface area (Å²) >= 11 is 0. The van der Waals surface area contributed by atoms with Crippen LogP contribution in [-0.4, -0.2) is 0 Å². The van der Waals surface area contributed by atoms with Gasteiger partial charge < -0.3 is 0 Å². The largest absolute Gasteiger partial charge is 0.0622 e. The van der Waals surface area contributed by atoms with Crippen LogP contribution in [0.4, 0.5) is 0 Å². The third-order valence-corrected chi connectivity index (χ3v) is 4.07. The third kappa shape index (κ3) is 1.58. The fourth-order valence-corrected chi connectivity index (χ4v) is 2.41. The molecule has 0 N–H and O–H groups in total. The first-order chi connectivity index (χ1) is 6.62. The van der Waals surface area contributed by atoms with Crippen LogP contribution in [0.2, 0.25) is 0 Å². The molecule has 0 amide bonds. The fourth-order valence-electron chi connectivity index (χ4n) is 2.41. The van der Waals surface area contributed by atoms with Crippen LogP contribution in [0.5, 0.6) is 0 Å². The molecule has 1 aliphatic carbocycles. The summed E-state index contributed by atoms with van der Waals surface area (Å²) in [7, 11) is 0. The summed E-state index contributed by atoms with van der Waals surface area (Å²) in [5, 5.41) is 0. The molecule has 0 aliphatic heterocycles. The lowest BCUT2D eigenvalue weighted by Crippen LogP contribution is -2.30. The average molecular weight is 188 g/mol. The Hall–Kier alpha value is -0.780. The molecule has 0 heteroatoms. The summed E-state index contributed by atoms with van der Waals surface area (Å²) in [5.41, 5.74) is 3.68. The highest BCUT2D eigenvalue weighted by atomic mass is 14.4. The van der Waals surface area contributed by atoms with Gasteiger partial charge in [0.2, 0.25) is 0 Å². The molecular weight excluding hydrogens is 168 g/mol. The Morgan fingerprint density at radius 3 is 2.43 bits per heavy atom. The lowest BCUT2D eigenvalue weighted by atomic mass is 9.67. The number of aryl methyl sites for hydroxylation is 1. The van der Waals surface area contributed by atoms with E-state index in [4.69, 9.17) is 0 Å². The van der Waals surface area contributed by atoms with Gasteiger partial charge >= 0.3 is 0 Å². The van der Waals surface area contributed by atoms with E-state index in [9.17, 15) is 0 Å². The number of benzene rings is 1. The van der Waals surface area contributed by atoms with Crippen molar-refractivity contribution in [1.82, 2.24) is 0 Å². The van der Waals surface area contributed by atoms with Gasteiger partial charge in [0.15, 0.2) is 0 Å². The summed E-state index contributed by atoms with van der Waals surface area (Å²) in [6.45, 7) is 7.15. The molecule has 1 atom stereocenters. The van der Waals surface area contributed by atoms with E-state index in [1.807, 2.05) is 0 Å². The Bertz CT molecular complexity index is 325. The Balaban J connectivity index is 2.29. The molecule has 0 saturated carbocycles. The van der Waals surface area contributed by atoms with Crippen molar-refractivity contribution >= 4 is 0 Å². The molecule has 1 aliphatic rings. The molecule has 1 aromatic carbocycles. The van der Waals surface area contributed by atoms with Crippen LogP contribution in [0.15, 0.2) is 24.3 Å². The molecule has 0 bridgehead atoms. The number of hydrogen-bond acceptors (Lipinski definition) is 0. The van der Waals surface area contributed by atoms with Crippen molar-refractivity contribution < 1.29 is 0 Å². The quantitative estimate of drug-likeness (QED) is 0.628. The van der Waals surface area contributed by atoms with Crippen LogP contribution >= 0.6 is 0 Å². The van der Waals surface area contributed by atoms with Gasteiger partial charge in [-0.15, -0.1) is 0 Å². The normalized spacial score (nSPS) is 26.3. The minimum absolute atomic E-state index is 0.522. The summed E-state index contributed by atoms with van der Waals surface area (Å²) in [5.74, 6) is 0.788. The Kier molecular flexibility index (Phi) is 2.38. The summed E-state index contributed by atoms with van der Waals surface area (Å²) in [4.78, 5) is 0. The van der Waals surface area contributed by atoms with Gasteiger partial charge in [-0.1, -0.05) is 45.0 Å². The van der Waals surface area contributed by atoms with Crippen LogP contribution in [-0.2, 0) is 12.8 Å². The van der Waals surface area contributed by atoms with Gasteiger partial charge in [0.05, 0.1) is 0 Å². The van der Waals surface area contributed by atoms with E-state index in [0.717, 1.165) is 5.92 Å². The van der Waals surface area contributed by atoms with E-state index >= 15 is 0 Å². The highest BCUT2D eigenvalue weighted by Crippen LogP contribution is 2.40. The van der Waals surface area contributed by atoms with E-state index in [0.29, 0.717) is 5.41 Å². The molecular formula is C14H20. The molecule has 0 fully saturated rings. The summed E-state index contributed by atoms with van der Waals surface area (Å²) in [6.07, 6.45) is 3.88. The topological polar surface area (TPSA) is 0 Å². The number of hydrogen-bond donors (Lipinski definition) is 0. The van der Waals surface area contributed by atoms with Crippen LogP contribution in [0, 0.1) is 11.3 Å². The summed E-state index contributed by atoms with van der Waals surface area (Å²) in [6, 6.07) is 8.92. The van der Waals surface area contributed by atoms with E-state index < -0.39 is 0 Å². The Labute approximate surface area is 87.3 Å². The van der Waals surface area contributed by atoms with E-state index in [1.165, 1.54) is 19.3 Å². The number of rotatable bonds is 1. The maximum Gasteiger partial charge on any atom is -0.0219 e. The Morgan fingerprint density at radius 2 is 1.79 bits per heavy atom. The molecule has 0 radical (unpaired) electrons. The van der Waals surface area contributed by atoms with Crippen LogP contribution in [0.25, 0.3) is 0 Å². The molecule has 1 unspecified atom stereocenters. The van der Waals surface area contributed by atoms with Crippen LogP contribution in [0.1, 0.15) is 38.3 Å². The number of fused-ring (bicyclic) bond motifs is 1. The second kappa shape index (κ2) is 3.42. The second-order valence-corrected chi connectivity index (χ2v) is 5.25. The van der Waals surface area contributed by atoms with Gasteiger partial charge in [0.1, 0.15) is 0 Å². The molecule has 1 aromatic rings. The maximum absolute atomic E-state index is 2.44. The van der Waals surface area contributed by atoms with Gasteiger partial charge in [0.25, 0.3) is 0 Å². The molecule has 2 rings (SSSR count). The van der Waals surface area contributed by atoms with Crippen molar-refractivity contribution in [3.63, 3.8) is 0 Å². The monoisotopic (exact) mass is 188 g/mol. The standard InChI is InChI=1S/C14H20/c1-11(2)14(3)9-8-12-6-4-5-7-13(12)10-14/h4-7,11H,8-10H2,1-3H3. The van der Waals surface area contributed by atoms with Crippen molar-refractivity contribution in [2.75, 3.05) is 0 Å². The highest BCUT2D eigenvalue weighted by Gasteiger charge is 2.32. The zero-order valence-electron chi connectivity index (χ0n) is 9.51. The van der Waals surface area contributed by atoms with E-state index in [2.05, 4.69) is 45.0 Å². The molecule has 0 heterocycles. The first-order valence-electron chi connectivity index (χ1n) is 5.68. The zero-order chi connectivity index (χ0) is 10.2. The van der Waals surface area contributed by atoms with E-state index in [-0.39, 0.29) is 0 Å². The first-order valence-corrected chi connectivity index (χ1v) is 5.68. The molecule has 0 saturated heterocycles. The van der Waals surface area contributed by atoms with Crippen LogP contribution < -0.4 is 0 Å². The molecule has 0 nitrogen and oxygen atoms in total. The Morgan fingerprint density at radius 1 is 1.14 bits per heavy atom. The SMILES string of the molecule is CC(C)C1(C)CCc2ccccc2C1. The van der Waals surface area contributed by atoms with E-state index in [1.54, 1.807) is 11.1 Å². The van der Waals surface area contributed by atoms with Crippen molar-refractivity contribution in [2.24, 2.45) is 11.3 Å². The maximum atomic E-state index is 2.44. The third-order valence-electron chi connectivity index (χ3n) is 4.07. The lowest BCUT2D eigenvalue weighted by molar-refractivity contribution is 0.187. The molecule has 14 heavy (non-hydrogen) atoms. The van der Waals surface area contributed by atoms with Gasteiger partial charge in [0, 0.05) is 0 Å². The minimum Gasteiger partial charge on any atom is -0.0622 e. The predicted octanol–water partition coefficient (Wildman–Crippen LogP) is 3.84. The highest BCUT2D eigenvalue weighted by molar-refractivity contribution is 5.30. The first kappa shape index (κ1) is 9.76. The molecule has 0 spiro atoms. The van der Waals surface area contributed by atoms with Crippen molar-refractivity contribution in [3.8, 4) is 0 Å². The lowest BCUT2D eigenvalue weighted by Gasteiger charge is -2.38. The van der Waals surface area contributed by atoms with Crippen molar-refractivity contribution in [1.29, 1.82) is 0 Å². The smallest absolute Gasteiger partial charge is 0.0219 e. The van der Waals surface area contributed by atoms with Gasteiger partial charge in [-0.25, -0.2) is 0 Å². The predicted molar refractivity (Wildman–Crippen MR) is 61.4 cm³/mol. The second-order valence-electron chi connectivity index (χ2n) is 5.25. The molecule has 0 aromatic heterocycles. The van der Waals surface area contributed by atoms with Crippen LogP contribution in [0.3, 0.4) is 0 Å². The van der Waals surface area contributed by atoms with Crippen molar-refractivity contribution in [2.45, 2.75) is 40.0 Å². The van der Waals surface area contributed by atoms with Crippen molar-refractivity contribution in [3.05, 3.63) is 35.4 Å². The van der Waals surface area contributed by atoms with Gasteiger partial charge in [-0.3, -0.25) is 0 Å². The fraction of sp³-hybridized carbons (Fsp3) is 0.571. The molecule has 76 valence electrons. The van der Waals surface area contributed by atoms with Gasteiger partial charge in [-0.05, 0) is 41.7 Å². The van der Waals surface area contributed by atoms with Gasteiger partial charge in [-0.2, -0.15) is 0 Å². The summed E-state index contributed by atoms with van der Waals surface area (Å²) < 4.78 is 0. The zero-order valence-corrected chi connectivity index (χ0v) is 9.51. The average Bonchev–Trinajstić information content (AvgIpc) is 2.17.